The Morgan fingerprint density at radius 1 is 0.952 bits per heavy atom. The molecule has 0 aromatic heterocycles. The van der Waals surface area contributed by atoms with Crippen LogP contribution in [0.15, 0.2) is 54.6 Å². The fourth-order valence-corrected chi connectivity index (χ4v) is 1.83. The van der Waals surface area contributed by atoms with Crippen molar-refractivity contribution in [3.05, 3.63) is 60.2 Å². The summed E-state index contributed by atoms with van der Waals surface area (Å²) < 4.78 is 15.7. The van der Waals surface area contributed by atoms with Crippen LogP contribution in [0.4, 0.5) is 4.79 Å². The molecule has 0 bridgehead atoms. The molecule has 0 unspecified atom stereocenters. The van der Waals surface area contributed by atoms with Crippen LogP contribution >= 0.6 is 0 Å². The predicted octanol–water partition coefficient (Wildman–Crippen LogP) is 3.84. The van der Waals surface area contributed by atoms with Crippen molar-refractivity contribution in [1.29, 1.82) is 0 Å². The smallest absolute Gasteiger partial charge is 0.395 e. The van der Waals surface area contributed by atoms with Crippen LogP contribution in [0.25, 0.3) is 0 Å². The zero-order chi connectivity index (χ0) is 14.9. The first kappa shape index (κ1) is 15.1. The zero-order valence-electron chi connectivity index (χ0n) is 12.0. The second kappa shape index (κ2) is 8.07. The maximum absolute atomic E-state index is 11.8. The van der Waals surface area contributed by atoms with Crippen molar-refractivity contribution in [2.75, 3.05) is 13.2 Å². The van der Waals surface area contributed by atoms with E-state index in [0.717, 1.165) is 5.56 Å². The van der Waals surface area contributed by atoms with Gasteiger partial charge in [-0.05, 0) is 37.1 Å². The quantitative estimate of drug-likeness (QED) is 0.460. The number of hydrogen-bond acceptors (Lipinski definition) is 4. The molecule has 0 fully saturated rings. The molecular weight excluding hydrogens is 268 g/mol. The van der Waals surface area contributed by atoms with E-state index in [0.29, 0.717) is 31.1 Å². The lowest BCUT2D eigenvalue weighted by Crippen LogP contribution is -2.15. The van der Waals surface area contributed by atoms with E-state index in [1.807, 2.05) is 31.2 Å². The van der Waals surface area contributed by atoms with Crippen molar-refractivity contribution >= 4 is 6.16 Å². The van der Waals surface area contributed by atoms with Gasteiger partial charge in [-0.2, -0.15) is 0 Å². The van der Waals surface area contributed by atoms with E-state index in [9.17, 15) is 4.79 Å². The van der Waals surface area contributed by atoms with Gasteiger partial charge in [-0.1, -0.05) is 36.4 Å². The molecule has 21 heavy (non-hydrogen) atoms. The van der Waals surface area contributed by atoms with Gasteiger partial charge in [0.05, 0.1) is 6.61 Å². The largest absolute Gasteiger partial charge is 0.519 e. The molecule has 0 spiro atoms. The molecule has 0 radical (unpaired) electrons. The van der Waals surface area contributed by atoms with Gasteiger partial charge in [-0.3, -0.25) is 0 Å². The van der Waals surface area contributed by atoms with Gasteiger partial charge in [-0.15, -0.1) is 0 Å². The molecule has 2 aromatic carbocycles. The van der Waals surface area contributed by atoms with Crippen LogP contribution in [0, 0.1) is 0 Å². The molecule has 0 saturated heterocycles. The second-order valence-corrected chi connectivity index (χ2v) is 4.32. The summed E-state index contributed by atoms with van der Waals surface area (Å²) in [6.07, 6.45) is -0.0621. The normalized spacial score (nSPS) is 10.1. The van der Waals surface area contributed by atoms with Gasteiger partial charge >= 0.3 is 6.16 Å². The summed E-state index contributed by atoms with van der Waals surface area (Å²) in [4.78, 5) is 11.8. The van der Waals surface area contributed by atoms with Crippen LogP contribution in [-0.2, 0) is 11.2 Å². The Labute approximate surface area is 124 Å². The highest BCUT2D eigenvalue weighted by atomic mass is 16.7. The monoisotopic (exact) mass is 286 g/mol. The number of rotatable bonds is 6. The highest BCUT2D eigenvalue weighted by Crippen LogP contribution is 2.20. The third-order valence-corrected chi connectivity index (χ3v) is 2.83. The van der Waals surface area contributed by atoms with Crippen molar-refractivity contribution in [2.24, 2.45) is 0 Å². The number of para-hydroxylation sites is 2. The molecule has 2 rings (SSSR count). The number of benzene rings is 2. The molecule has 2 aromatic rings. The van der Waals surface area contributed by atoms with Gasteiger partial charge in [0, 0.05) is 6.61 Å². The summed E-state index contributed by atoms with van der Waals surface area (Å²) in [5, 5.41) is 0. The van der Waals surface area contributed by atoms with Crippen LogP contribution in [0.2, 0.25) is 0 Å². The number of carbonyl (C=O) groups excluding carboxylic acids is 1. The van der Waals surface area contributed by atoms with Crippen molar-refractivity contribution in [2.45, 2.75) is 13.3 Å². The first-order valence-electron chi connectivity index (χ1n) is 6.90. The Hall–Kier alpha value is -2.33. The first-order valence-corrected chi connectivity index (χ1v) is 6.90. The van der Waals surface area contributed by atoms with E-state index < -0.39 is 6.16 Å². The molecule has 0 saturated carbocycles. The van der Waals surface area contributed by atoms with Crippen molar-refractivity contribution < 1.29 is 19.0 Å². The fraction of sp³-hybridized carbons (Fsp3) is 0.235. The molecule has 0 aliphatic carbocycles. The minimum Gasteiger partial charge on any atom is -0.395 e. The molecule has 0 N–H and O–H groups in total. The van der Waals surface area contributed by atoms with E-state index >= 15 is 0 Å². The number of ether oxygens (including phenoxy) is 3. The summed E-state index contributed by atoms with van der Waals surface area (Å²) in [5.41, 5.74) is 0.913. The third kappa shape index (κ3) is 4.93. The molecule has 0 aliphatic heterocycles. The molecule has 110 valence electrons. The Kier molecular flexibility index (Phi) is 5.79. The zero-order valence-corrected chi connectivity index (χ0v) is 12.0. The van der Waals surface area contributed by atoms with Crippen molar-refractivity contribution in [3.63, 3.8) is 0 Å². The topological polar surface area (TPSA) is 44.8 Å². The van der Waals surface area contributed by atoms with Crippen molar-refractivity contribution in [3.8, 4) is 11.5 Å². The number of carbonyl (C=O) groups is 1. The Morgan fingerprint density at radius 3 is 2.43 bits per heavy atom. The van der Waals surface area contributed by atoms with E-state index in [-0.39, 0.29) is 0 Å². The second-order valence-electron chi connectivity index (χ2n) is 4.32. The summed E-state index contributed by atoms with van der Waals surface area (Å²) in [5.74, 6) is 0.951. The lowest BCUT2D eigenvalue weighted by Gasteiger charge is -2.10. The van der Waals surface area contributed by atoms with Crippen LogP contribution in [0.1, 0.15) is 12.5 Å². The van der Waals surface area contributed by atoms with E-state index in [1.54, 1.807) is 30.3 Å². The number of hydrogen-bond donors (Lipinski definition) is 0. The fourth-order valence-electron chi connectivity index (χ4n) is 1.83. The minimum absolute atomic E-state index is 0.453. The van der Waals surface area contributed by atoms with Crippen LogP contribution < -0.4 is 9.47 Å². The highest BCUT2D eigenvalue weighted by Gasteiger charge is 2.11. The summed E-state index contributed by atoms with van der Waals surface area (Å²) in [6, 6.07) is 16.2. The van der Waals surface area contributed by atoms with Gasteiger partial charge in [0.25, 0.3) is 0 Å². The maximum atomic E-state index is 11.8. The highest BCUT2D eigenvalue weighted by molar-refractivity contribution is 5.67. The Morgan fingerprint density at radius 2 is 1.67 bits per heavy atom. The summed E-state index contributed by atoms with van der Waals surface area (Å²) in [6.45, 7) is 3.20. The molecular formula is C17H18O4. The maximum Gasteiger partial charge on any atom is 0.519 e. The van der Waals surface area contributed by atoms with Crippen molar-refractivity contribution in [1.82, 2.24) is 0 Å². The molecule has 0 atom stereocenters. The molecule has 4 heteroatoms. The molecule has 0 heterocycles. The Balaban J connectivity index is 1.97. The van der Waals surface area contributed by atoms with Gasteiger partial charge in [-0.25, -0.2) is 4.79 Å². The van der Waals surface area contributed by atoms with Gasteiger partial charge < -0.3 is 14.2 Å². The van der Waals surface area contributed by atoms with Crippen LogP contribution in [-0.4, -0.2) is 19.4 Å². The predicted molar refractivity (Wildman–Crippen MR) is 79.7 cm³/mol. The van der Waals surface area contributed by atoms with Gasteiger partial charge in [0.15, 0.2) is 0 Å². The molecule has 0 amide bonds. The van der Waals surface area contributed by atoms with E-state index in [1.165, 1.54) is 0 Å². The van der Waals surface area contributed by atoms with Gasteiger partial charge in [0.2, 0.25) is 0 Å². The van der Waals surface area contributed by atoms with Crippen LogP contribution in [0.3, 0.4) is 0 Å². The molecule has 4 nitrogen and oxygen atoms in total. The lowest BCUT2D eigenvalue weighted by atomic mass is 10.1. The minimum atomic E-state index is -0.745. The Bertz CT molecular complexity index is 566. The standard InChI is InChI=1S/C17H18O4/c1-2-19-13-12-14-8-6-7-11-16(14)21-17(18)20-15-9-4-3-5-10-15/h3-11H,2,12-13H2,1H3. The van der Waals surface area contributed by atoms with E-state index in [4.69, 9.17) is 14.2 Å². The molecule has 0 aliphatic rings. The van der Waals surface area contributed by atoms with E-state index in [2.05, 4.69) is 0 Å². The first-order chi connectivity index (χ1) is 10.3. The van der Waals surface area contributed by atoms with Crippen LogP contribution in [0.5, 0.6) is 11.5 Å². The summed E-state index contributed by atoms with van der Waals surface area (Å²) in [7, 11) is 0. The lowest BCUT2D eigenvalue weighted by molar-refractivity contribution is 0.145. The van der Waals surface area contributed by atoms with Gasteiger partial charge in [0.1, 0.15) is 11.5 Å². The third-order valence-electron chi connectivity index (χ3n) is 2.83. The average molecular weight is 286 g/mol. The SMILES string of the molecule is CCOCCc1ccccc1OC(=O)Oc1ccccc1. The average Bonchev–Trinajstić information content (AvgIpc) is 2.50. The summed E-state index contributed by atoms with van der Waals surface area (Å²) >= 11 is 0.